The van der Waals surface area contributed by atoms with E-state index in [0.29, 0.717) is 6.04 Å². The van der Waals surface area contributed by atoms with Crippen LogP contribution in [0.2, 0.25) is 0 Å². The molecular weight excluding hydrogens is 182 g/mol. The van der Waals surface area contributed by atoms with Crippen LogP contribution in [0.4, 0.5) is 10.1 Å². The van der Waals surface area contributed by atoms with Crippen LogP contribution >= 0.6 is 11.3 Å². The van der Waals surface area contributed by atoms with E-state index in [0.717, 1.165) is 22.0 Å². The molecule has 1 fully saturated rings. The van der Waals surface area contributed by atoms with Crippen LogP contribution < -0.4 is 11.1 Å². The van der Waals surface area contributed by atoms with Gasteiger partial charge in [-0.3, -0.25) is 0 Å². The van der Waals surface area contributed by atoms with Crippen molar-refractivity contribution in [2.75, 3.05) is 11.1 Å². The minimum Gasteiger partial charge on any atom is -0.389 e. The summed E-state index contributed by atoms with van der Waals surface area (Å²) >= 11 is 1.52. The fourth-order valence-electron chi connectivity index (χ4n) is 1.73. The maximum atomic E-state index is 5.59. The first-order valence-corrected chi connectivity index (χ1v) is 5.46. The summed E-state index contributed by atoms with van der Waals surface area (Å²) in [5, 5.41) is 5.15. The number of anilines is 2. The summed E-state index contributed by atoms with van der Waals surface area (Å²) in [6.07, 6.45) is 2.96. The molecule has 0 aliphatic heterocycles. The third-order valence-corrected chi connectivity index (χ3v) is 3.75. The van der Waals surface area contributed by atoms with Crippen molar-refractivity contribution >= 4 is 21.5 Å². The molecule has 72 valence electrons. The topological polar surface area (TPSA) is 50.9 Å². The molecule has 3 unspecified atom stereocenters. The zero-order valence-corrected chi connectivity index (χ0v) is 8.77. The molecule has 0 aromatic carbocycles. The minimum atomic E-state index is 0.598. The molecular formula is C9H15N3S. The van der Waals surface area contributed by atoms with Gasteiger partial charge in [-0.05, 0) is 18.3 Å². The number of thiazole rings is 1. The van der Waals surface area contributed by atoms with E-state index in [4.69, 9.17) is 5.73 Å². The third kappa shape index (κ3) is 1.63. The summed E-state index contributed by atoms with van der Waals surface area (Å²) < 4.78 is 0. The fraction of sp³-hybridized carbons (Fsp3) is 0.667. The maximum absolute atomic E-state index is 5.59. The summed E-state index contributed by atoms with van der Waals surface area (Å²) in [4.78, 5) is 4.18. The molecule has 1 aliphatic rings. The Morgan fingerprint density at radius 2 is 2.38 bits per heavy atom. The van der Waals surface area contributed by atoms with Gasteiger partial charge in [0.25, 0.3) is 0 Å². The number of nitrogen functional groups attached to an aromatic ring is 1. The van der Waals surface area contributed by atoms with Crippen LogP contribution in [0.3, 0.4) is 0 Å². The first-order chi connectivity index (χ1) is 6.16. The van der Waals surface area contributed by atoms with Crippen molar-refractivity contribution in [2.24, 2.45) is 11.8 Å². The average molecular weight is 197 g/mol. The summed E-state index contributed by atoms with van der Waals surface area (Å²) in [7, 11) is 0. The quantitative estimate of drug-likeness (QED) is 0.764. The number of aromatic nitrogens is 1. The normalized spacial score (nSPS) is 32.6. The van der Waals surface area contributed by atoms with E-state index in [9.17, 15) is 0 Å². The molecule has 2 rings (SSSR count). The van der Waals surface area contributed by atoms with Crippen LogP contribution in [0, 0.1) is 11.8 Å². The molecule has 1 heterocycles. The predicted molar refractivity (Wildman–Crippen MR) is 56.9 cm³/mol. The van der Waals surface area contributed by atoms with E-state index >= 15 is 0 Å². The van der Waals surface area contributed by atoms with Crippen molar-refractivity contribution in [3.63, 3.8) is 0 Å². The number of hydrogen-bond acceptors (Lipinski definition) is 4. The lowest BCUT2D eigenvalue weighted by molar-refractivity contribution is 0.189. The molecule has 3 nitrogen and oxygen atoms in total. The van der Waals surface area contributed by atoms with Gasteiger partial charge in [-0.2, -0.15) is 0 Å². The Labute approximate surface area is 82.4 Å². The van der Waals surface area contributed by atoms with Crippen LogP contribution in [0.25, 0.3) is 0 Å². The number of rotatable bonds is 2. The highest BCUT2D eigenvalue weighted by Crippen LogP contribution is 2.36. The molecule has 3 atom stereocenters. The van der Waals surface area contributed by atoms with Gasteiger partial charge < -0.3 is 11.1 Å². The number of nitrogens with two attached hydrogens (primary N) is 1. The molecule has 0 radical (unpaired) electrons. The number of nitrogens with zero attached hydrogens (tertiary/aromatic N) is 1. The van der Waals surface area contributed by atoms with E-state index in [1.165, 1.54) is 17.8 Å². The van der Waals surface area contributed by atoms with E-state index in [2.05, 4.69) is 24.1 Å². The smallest absolute Gasteiger partial charge is 0.184 e. The van der Waals surface area contributed by atoms with Gasteiger partial charge in [0.2, 0.25) is 0 Å². The molecule has 0 spiro atoms. The van der Waals surface area contributed by atoms with Gasteiger partial charge in [-0.15, -0.1) is 0 Å². The van der Waals surface area contributed by atoms with Crippen LogP contribution in [-0.2, 0) is 0 Å². The zero-order valence-electron chi connectivity index (χ0n) is 7.95. The van der Waals surface area contributed by atoms with Crippen molar-refractivity contribution < 1.29 is 0 Å². The van der Waals surface area contributed by atoms with E-state index < -0.39 is 0 Å². The molecule has 1 aromatic heterocycles. The van der Waals surface area contributed by atoms with Crippen molar-refractivity contribution in [1.82, 2.24) is 4.98 Å². The van der Waals surface area contributed by atoms with E-state index in [1.807, 2.05) is 0 Å². The Morgan fingerprint density at radius 1 is 1.62 bits per heavy atom. The number of nitrogens with one attached hydrogen (secondary N) is 1. The van der Waals surface area contributed by atoms with Gasteiger partial charge in [0.15, 0.2) is 5.13 Å². The SMILES string of the molecule is CC1CC(Nc2ncc(N)s2)C1C. The summed E-state index contributed by atoms with van der Waals surface area (Å²) in [5.74, 6) is 1.60. The Bertz CT molecular complexity index is 297. The zero-order chi connectivity index (χ0) is 9.42. The van der Waals surface area contributed by atoms with Crippen LogP contribution in [0.5, 0.6) is 0 Å². The van der Waals surface area contributed by atoms with Gasteiger partial charge in [0.1, 0.15) is 5.00 Å². The first kappa shape index (κ1) is 8.81. The van der Waals surface area contributed by atoms with Crippen LogP contribution in [0.1, 0.15) is 20.3 Å². The van der Waals surface area contributed by atoms with Gasteiger partial charge in [-0.25, -0.2) is 4.98 Å². The number of hydrogen-bond donors (Lipinski definition) is 2. The highest BCUT2D eigenvalue weighted by atomic mass is 32.1. The van der Waals surface area contributed by atoms with Crippen molar-refractivity contribution in [2.45, 2.75) is 26.3 Å². The van der Waals surface area contributed by atoms with Gasteiger partial charge in [0, 0.05) is 6.04 Å². The van der Waals surface area contributed by atoms with Crippen LogP contribution in [-0.4, -0.2) is 11.0 Å². The molecule has 3 N–H and O–H groups in total. The highest BCUT2D eigenvalue weighted by molar-refractivity contribution is 7.19. The van der Waals surface area contributed by atoms with Gasteiger partial charge in [-0.1, -0.05) is 25.2 Å². The molecule has 0 amide bonds. The summed E-state index contributed by atoms with van der Waals surface area (Å²) in [6.45, 7) is 4.57. The third-order valence-electron chi connectivity index (χ3n) is 2.99. The summed E-state index contributed by atoms with van der Waals surface area (Å²) in [6, 6.07) is 0.598. The Hall–Kier alpha value is -0.770. The van der Waals surface area contributed by atoms with Crippen molar-refractivity contribution in [3.8, 4) is 0 Å². The Morgan fingerprint density at radius 3 is 2.85 bits per heavy atom. The second kappa shape index (κ2) is 3.18. The Kier molecular flexibility index (Phi) is 2.15. The maximum Gasteiger partial charge on any atom is 0.184 e. The predicted octanol–water partition coefficient (Wildman–Crippen LogP) is 2.18. The first-order valence-electron chi connectivity index (χ1n) is 4.64. The minimum absolute atomic E-state index is 0.598. The second-order valence-corrected chi connectivity index (χ2v) is 4.95. The molecule has 1 aromatic rings. The lowest BCUT2D eigenvalue weighted by Crippen LogP contribution is -2.43. The second-order valence-electron chi connectivity index (χ2n) is 3.89. The van der Waals surface area contributed by atoms with E-state index in [-0.39, 0.29) is 0 Å². The molecule has 1 aliphatic carbocycles. The average Bonchev–Trinajstić information content (AvgIpc) is 2.50. The molecule has 4 heteroatoms. The fourth-order valence-corrected chi connectivity index (χ4v) is 2.38. The molecule has 1 saturated carbocycles. The van der Waals surface area contributed by atoms with Gasteiger partial charge >= 0.3 is 0 Å². The lowest BCUT2D eigenvalue weighted by atomic mass is 9.72. The van der Waals surface area contributed by atoms with Crippen LogP contribution in [0.15, 0.2) is 6.20 Å². The van der Waals surface area contributed by atoms with E-state index in [1.54, 1.807) is 6.20 Å². The van der Waals surface area contributed by atoms with Crippen molar-refractivity contribution in [1.29, 1.82) is 0 Å². The molecule has 0 bridgehead atoms. The van der Waals surface area contributed by atoms with Gasteiger partial charge in [0.05, 0.1) is 6.20 Å². The lowest BCUT2D eigenvalue weighted by Gasteiger charge is -2.41. The highest BCUT2D eigenvalue weighted by Gasteiger charge is 2.34. The standard InChI is InChI=1S/C9H15N3S/c1-5-3-7(6(5)2)12-9-11-4-8(10)13-9/h4-7H,3,10H2,1-2H3,(H,11,12). The monoisotopic (exact) mass is 197 g/mol. The van der Waals surface area contributed by atoms with Crippen molar-refractivity contribution in [3.05, 3.63) is 6.20 Å². The molecule has 0 saturated heterocycles. The largest absolute Gasteiger partial charge is 0.389 e. The summed E-state index contributed by atoms with van der Waals surface area (Å²) in [5.41, 5.74) is 5.59. The Balaban J connectivity index is 1.93. The molecule has 13 heavy (non-hydrogen) atoms.